The van der Waals surface area contributed by atoms with Crippen molar-refractivity contribution in [1.29, 1.82) is 0 Å². The number of hydrogen-bond donors (Lipinski definition) is 2. The van der Waals surface area contributed by atoms with Gasteiger partial charge < -0.3 is 10.4 Å². The topological polar surface area (TPSA) is 45.2 Å². The molecule has 0 aliphatic rings. The third-order valence-corrected chi connectivity index (χ3v) is 1.61. The Morgan fingerprint density at radius 3 is 3.00 bits per heavy atom. The lowest BCUT2D eigenvalue weighted by molar-refractivity contribution is 0.208. The first-order valence-corrected chi connectivity index (χ1v) is 4.02. The number of rotatable bonds is 3. The van der Waals surface area contributed by atoms with E-state index in [-0.39, 0.29) is 6.10 Å². The summed E-state index contributed by atoms with van der Waals surface area (Å²) in [5.41, 5.74) is 2.13. The summed E-state index contributed by atoms with van der Waals surface area (Å²) < 4.78 is 0. The van der Waals surface area contributed by atoms with Crippen molar-refractivity contribution in [1.82, 2.24) is 4.98 Å². The highest BCUT2D eigenvalue weighted by molar-refractivity contribution is 5.48. The average Bonchev–Trinajstić information content (AvgIpc) is 2.03. The van der Waals surface area contributed by atoms with Gasteiger partial charge in [-0.2, -0.15) is 0 Å². The lowest BCUT2D eigenvalue weighted by Gasteiger charge is -2.09. The molecule has 0 aromatic carbocycles. The van der Waals surface area contributed by atoms with E-state index in [1.54, 1.807) is 19.3 Å². The van der Waals surface area contributed by atoms with Crippen LogP contribution in [0, 0.1) is 6.92 Å². The quantitative estimate of drug-likeness (QED) is 0.708. The number of anilines is 1. The second kappa shape index (κ2) is 4.07. The fraction of sp³-hybridized carbons (Fsp3) is 0.444. The van der Waals surface area contributed by atoms with Gasteiger partial charge in [-0.15, -0.1) is 0 Å². The zero-order valence-electron chi connectivity index (χ0n) is 7.41. The van der Waals surface area contributed by atoms with Crippen LogP contribution in [0.3, 0.4) is 0 Å². The number of pyridine rings is 1. The summed E-state index contributed by atoms with van der Waals surface area (Å²) in [6.45, 7) is 4.31. The molecule has 66 valence electrons. The first-order valence-electron chi connectivity index (χ1n) is 4.02. The minimum absolute atomic E-state index is 0.322. The zero-order valence-corrected chi connectivity index (χ0v) is 7.41. The number of aliphatic hydroxyl groups is 1. The van der Waals surface area contributed by atoms with Gasteiger partial charge in [0.15, 0.2) is 0 Å². The Morgan fingerprint density at radius 1 is 1.67 bits per heavy atom. The maximum absolute atomic E-state index is 9.03. The number of aliphatic hydroxyl groups excluding tert-OH is 1. The molecule has 0 aliphatic heterocycles. The highest BCUT2D eigenvalue weighted by Gasteiger charge is 1.97. The molecule has 1 heterocycles. The van der Waals surface area contributed by atoms with Crippen LogP contribution >= 0.6 is 0 Å². The van der Waals surface area contributed by atoms with Gasteiger partial charge in [0.1, 0.15) is 0 Å². The van der Waals surface area contributed by atoms with Gasteiger partial charge in [-0.05, 0) is 25.5 Å². The van der Waals surface area contributed by atoms with Crippen molar-refractivity contribution in [3.05, 3.63) is 24.0 Å². The molecule has 1 aromatic rings. The predicted octanol–water partition coefficient (Wildman–Crippen LogP) is 1.18. The zero-order chi connectivity index (χ0) is 8.97. The highest BCUT2D eigenvalue weighted by atomic mass is 16.3. The number of aromatic nitrogens is 1. The van der Waals surface area contributed by atoms with Crippen LogP contribution in [0.25, 0.3) is 0 Å². The van der Waals surface area contributed by atoms with Gasteiger partial charge in [0.2, 0.25) is 0 Å². The molecule has 0 saturated heterocycles. The van der Waals surface area contributed by atoms with Gasteiger partial charge in [-0.3, -0.25) is 4.98 Å². The molecule has 0 fully saturated rings. The molecule has 0 spiro atoms. The third-order valence-electron chi connectivity index (χ3n) is 1.61. The lowest BCUT2D eigenvalue weighted by atomic mass is 10.2. The van der Waals surface area contributed by atoms with Crippen molar-refractivity contribution in [2.24, 2.45) is 0 Å². The Morgan fingerprint density at radius 2 is 2.42 bits per heavy atom. The summed E-state index contributed by atoms with van der Waals surface area (Å²) in [6.07, 6.45) is 3.21. The number of nitrogens with one attached hydrogen (secondary N) is 1. The number of aryl methyl sites for hydroxylation is 1. The van der Waals surface area contributed by atoms with Crippen molar-refractivity contribution < 1.29 is 5.11 Å². The Bertz CT molecular complexity index is 248. The number of nitrogens with zero attached hydrogens (tertiary/aromatic N) is 1. The number of hydrogen-bond acceptors (Lipinski definition) is 3. The second-order valence-electron chi connectivity index (χ2n) is 2.92. The van der Waals surface area contributed by atoms with E-state index in [1.165, 1.54) is 0 Å². The van der Waals surface area contributed by atoms with Gasteiger partial charge in [0.05, 0.1) is 6.10 Å². The van der Waals surface area contributed by atoms with Gasteiger partial charge in [0, 0.05) is 24.6 Å². The molecule has 1 rings (SSSR count). The van der Waals surface area contributed by atoms with Crippen molar-refractivity contribution in [2.45, 2.75) is 20.0 Å². The standard InChI is InChI=1S/C9H14N2O/c1-7-5-10-4-3-9(7)11-6-8(2)12/h3-5,8,12H,6H2,1-2H3,(H,10,11)/t8-/m1/s1. The van der Waals surface area contributed by atoms with Gasteiger partial charge >= 0.3 is 0 Å². The van der Waals surface area contributed by atoms with Crippen LogP contribution in [0.15, 0.2) is 18.5 Å². The van der Waals surface area contributed by atoms with E-state index in [1.807, 2.05) is 13.0 Å². The van der Waals surface area contributed by atoms with Crippen molar-refractivity contribution in [2.75, 3.05) is 11.9 Å². The molecule has 0 saturated carbocycles. The first-order chi connectivity index (χ1) is 5.70. The van der Waals surface area contributed by atoms with Crippen molar-refractivity contribution >= 4 is 5.69 Å². The minimum atomic E-state index is -0.322. The van der Waals surface area contributed by atoms with Crippen LogP contribution in [0.1, 0.15) is 12.5 Å². The lowest BCUT2D eigenvalue weighted by Crippen LogP contribution is -2.15. The van der Waals surface area contributed by atoms with Crippen LogP contribution < -0.4 is 5.32 Å². The molecule has 12 heavy (non-hydrogen) atoms. The predicted molar refractivity (Wildman–Crippen MR) is 49.1 cm³/mol. The molecule has 0 bridgehead atoms. The van der Waals surface area contributed by atoms with Crippen LogP contribution in [0.5, 0.6) is 0 Å². The van der Waals surface area contributed by atoms with E-state index < -0.39 is 0 Å². The van der Waals surface area contributed by atoms with Gasteiger partial charge in [0.25, 0.3) is 0 Å². The Balaban J connectivity index is 2.57. The maximum Gasteiger partial charge on any atom is 0.0684 e. The van der Waals surface area contributed by atoms with Crippen LogP contribution in [0.4, 0.5) is 5.69 Å². The van der Waals surface area contributed by atoms with Crippen molar-refractivity contribution in [3.8, 4) is 0 Å². The summed E-state index contributed by atoms with van der Waals surface area (Å²) in [5, 5.41) is 12.1. The molecule has 0 amide bonds. The van der Waals surface area contributed by atoms with E-state index in [4.69, 9.17) is 5.11 Å². The molecule has 0 aliphatic carbocycles. The van der Waals surface area contributed by atoms with Gasteiger partial charge in [-0.25, -0.2) is 0 Å². The maximum atomic E-state index is 9.03. The van der Waals surface area contributed by atoms with Crippen LogP contribution in [0.2, 0.25) is 0 Å². The summed E-state index contributed by atoms with van der Waals surface area (Å²) in [4.78, 5) is 3.97. The normalized spacial score (nSPS) is 12.6. The Kier molecular flexibility index (Phi) is 3.05. The third kappa shape index (κ3) is 2.51. The molecule has 0 unspecified atom stereocenters. The molecule has 3 heteroatoms. The molecule has 3 nitrogen and oxygen atoms in total. The molecule has 1 atom stereocenters. The Labute approximate surface area is 72.5 Å². The van der Waals surface area contributed by atoms with Crippen molar-refractivity contribution in [3.63, 3.8) is 0 Å². The van der Waals surface area contributed by atoms with Crippen LogP contribution in [-0.4, -0.2) is 22.7 Å². The average molecular weight is 166 g/mol. The highest BCUT2D eigenvalue weighted by Crippen LogP contribution is 2.10. The molecular weight excluding hydrogens is 152 g/mol. The summed E-state index contributed by atoms with van der Waals surface area (Å²) >= 11 is 0. The molecule has 0 radical (unpaired) electrons. The largest absolute Gasteiger partial charge is 0.392 e. The first kappa shape index (κ1) is 9.00. The van der Waals surface area contributed by atoms with E-state index >= 15 is 0 Å². The van der Waals surface area contributed by atoms with Crippen LogP contribution in [-0.2, 0) is 0 Å². The minimum Gasteiger partial charge on any atom is -0.392 e. The summed E-state index contributed by atoms with van der Waals surface area (Å²) in [7, 11) is 0. The summed E-state index contributed by atoms with van der Waals surface area (Å²) in [6, 6.07) is 1.90. The summed E-state index contributed by atoms with van der Waals surface area (Å²) in [5.74, 6) is 0. The molecule has 2 N–H and O–H groups in total. The monoisotopic (exact) mass is 166 g/mol. The Hall–Kier alpha value is -1.09. The van der Waals surface area contributed by atoms with E-state index in [9.17, 15) is 0 Å². The fourth-order valence-electron chi connectivity index (χ4n) is 0.929. The van der Waals surface area contributed by atoms with E-state index in [0.29, 0.717) is 6.54 Å². The van der Waals surface area contributed by atoms with E-state index in [2.05, 4.69) is 10.3 Å². The van der Waals surface area contributed by atoms with Gasteiger partial charge in [-0.1, -0.05) is 0 Å². The smallest absolute Gasteiger partial charge is 0.0684 e. The molecule has 1 aromatic heterocycles. The SMILES string of the molecule is Cc1cnccc1NC[C@@H](C)O. The molecular formula is C9H14N2O. The fourth-order valence-corrected chi connectivity index (χ4v) is 0.929. The second-order valence-corrected chi connectivity index (χ2v) is 2.92. The van der Waals surface area contributed by atoms with E-state index in [0.717, 1.165) is 11.3 Å².